The van der Waals surface area contributed by atoms with E-state index in [4.69, 9.17) is 6.57 Å². The third-order valence-corrected chi connectivity index (χ3v) is 11.4. The molecule has 0 bridgehead atoms. The monoisotopic (exact) mass is 741 g/mol. The van der Waals surface area contributed by atoms with Crippen LogP contribution in [-0.2, 0) is 0 Å². The minimum Gasteiger partial charge on any atom is -0.345 e. The lowest BCUT2D eigenvalue weighted by molar-refractivity contribution is -0.403. The van der Waals surface area contributed by atoms with Crippen molar-refractivity contribution in [1.82, 2.24) is 0 Å². The van der Waals surface area contributed by atoms with Gasteiger partial charge in [0.1, 0.15) is 12.0 Å². The number of aryl methyl sites for hydroxylation is 1. The highest BCUT2D eigenvalue weighted by Crippen LogP contribution is 2.56. The van der Waals surface area contributed by atoms with Crippen LogP contribution in [0.15, 0.2) is 200 Å². The number of benzene rings is 6. The SMILES string of the molecule is [C-]#[N+]c1c(N(c2ccccc2)c2ccccc2C)sc(C(=C2C=CC(=[N+](C)c3ccccc3)C=C2)c2ccc(N(C)c3ccccc3)cc2)c1-c1ccccc1. The molecule has 6 aromatic carbocycles. The summed E-state index contributed by atoms with van der Waals surface area (Å²) in [7, 11) is 4.20. The molecule has 0 saturated heterocycles. The van der Waals surface area contributed by atoms with E-state index < -0.39 is 0 Å². The molecule has 1 aliphatic rings. The second-order valence-corrected chi connectivity index (χ2v) is 14.7. The summed E-state index contributed by atoms with van der Waals surface area (Å²) in [6.45, 7) is 10.9. The number of allylic oxidation sites excluding steroid dienone is 5. The lowest BCUT2D eigenvalue weighted by Gasteiger charge is -2.26. The average Bonchev–Trinajstić information content (AvgIpc) is 3.64. The third kappa shape index (κ3) is 7.14. The van der Waals surface area contributed by atoms with Crippen LogP contribution in [0, 0.1) is 13.5 Å². The van der Waals surface area contributed by atoms with Gasteiger partial charge in [-0.25, -0.2) is 4.85 Å². The van der Waals surface area contributed by atoms with Gasteiger partial charge in [-0.15, -0.1) is 11.3 Å². The summed E-state index contributed by atoms with van der Waals surface area (Å²) < 4.78 is 2.20. The van der Waals surface area contributed by atoms with Crippen LogP contribution >= 0.6 is 11.3 Å². The third-order valence-electron chi connectivity index (χ3n) is 10.2. The Bertz CT molecular complexity index is 2630. The topological polar surface area (TPSA) is 13.8 Å². The molecule has 8 rings (SSSR count). The highest BCUT2D eigenvalue weighted by atomic mass is 32.1. The van der Waals surface area contributed by atoms with E-state index >= 15 is 0 Å². The van der Waals surface area contributed by atoms with Crippen LogP contribution in [0.3, 0.4) is 0 Å². The highest BCUT2D eigenvalue weighted by Gasteiger charge is 2.29. The Balaban J connectivity index is 1.38. The van der Waals surface area contributed by atoms with Crippen LogP contribution < -0.4 is 9.80 Å². The number of hydrogen-bond acceptors (Lipinski definition) is 3. The van der Waals surface area contributed by atoms with Crippen molar-refractivity contribution in [3.05, 3.63) is 227 Å². The maximum atomic E-state index is 8.81. The summed E-state index contributed by atoms with van der Waals surface area (Å²) in [5, 5.41) is 0.882. The molecule has 0 aliphatic heterocycles. The lowest BCUT2D eigenvalue weighted by atomic mass is 9.91. The van der Waals surface area contributed by atoms with Gasteiger partial charge in [0.05, 0.1) is 6.57 Å². The molecule has 4 nitrogen and oxygen atoms in total. The number of thiophene rings is 1. The Hall–Kier alpha value is -7.00. The quantitative estimate of drug-likeness (QED) is 0.108. The number of nitrogens with zero attached hydrogens (tertiary/aromatic N) is 4. The number of anilines is 5. The molecule has 7 aromatic rings. The van der Waals surface area contributed by atoms with Gasteiger partial charge in [-0.2, -0.15) is 4.58 Å². The molecule has 1 heterocycles. The molecule has 0 spiro atoms. The van der Waals surface area contributed by atoms with Crippen molar-refractivity contribution < 1.29 is 4.58 Å². The van der Waals surface area contributed by atoms with Crippen LogP contribution in [0.1, 0.15) is 16.0 Å². The Labute approximate surface area is 334 Å². The summed E-state index contributed by atoms with van der Waals surface area (Å²) in [5.74, 6) is 0. The summed E-state index contributed by atoms with van der Waals surface area (Å²) in [6.07, 6.45) is 8.82. The number of para-hydroxylation sites is 4. The first-order valence-electron chi connectivity index (χ1n) is 18.7. The van der Waals surface area contributed by atoms with Crippen LogP contribution in [0.2, 0.25) is 0 Å². The van der Waals surface area contributed by atoms with Gasteiger partial charge in [-0.05, 0) is 83.8 Å². The van der Waals surface area contributed by atoms with E-state index in [1.165, 1.54) is 0 Å². The first kappa shape index (κ1) is 36.0. The van der Waals surface area contributed by atoms with Gasteiger partial charge in [-0.1, -0.05) is 115 Å². The van der Waals surface area contributed by atoms with Gasteiger partial charge in [-0.3, -0.25) is 0 Å². The second kappa shape index (κ2) is 16.2. The van der Waals surface area contributed by atoms with E-state index in [1.54, 1.807) is 11.3 Å². The fourth-order valence-electron chi connectivity index (χ4n) is 7.21. The van der Waals surface area contributed by atoms with Crippen LogP contribution in [0.4, 0.5) is 39.1 Å². The normalized spacial score (nSPS) is 12.0. The molecule has 5 heteroatoms. The predicted molar refractivity (Wildman–Crippen MR) is 238 cm³/mol. The second-order valence-electron chi connectivity index (χ2n) is 13.7. The molecule has 1 aromatic heterocycles. The molecule has 0 unspecified atom stereocenters. The van der Waals surface area contributed by atoms with Crippen molar-refractivity contribution in [3.63, 3.8) is 0 Å². The molecule has 0 N–H and O–H groups in total. The fraction of sp³-hybridized carbons (Fsp3) is 0.0588. The van der Waals surface area contributed by atoms with Gasteiger partial charge in [0.2, 0.25) is 17.1 Å². The van der Waals surface area contributed by atoms with Gasteiger partial charge < -0.3 is 9.80 Å². The molecule has 270 valence electrons. The Morgan fingerprint density at radius 1 is 0.607 bits per heavy atom. The maximum absolute atomic E-state index is 8.81. The maximum Gasteiger partial charge on any atom is 0.229 e. The van der Waals surface area contributed by atoms with Crippen molar-refractivity contribution >= 4 is 61.7 Å². The molecular weight excluding hydrogens is 701 g/mol. The van der Waals surface area contributed by atoms with E-state index in [0.717, 1.165) is 77.4 Å². The summed E-state index contributed by atoms with van der Waals surface area (Å²) in [4.78, 5) is 9.88. The van der Waals surface area contributed by atoms with Gasteiger partial charge >= 0.3 is 0 Å². The zero-order valence-electron chi connectivity index (χ0n) is 31.7. The van der Waals surface area contributed by atoms with E-state index in [9.17, 15) is 0 Å². The summed E-state index contributed by atoms with van der Waals surface area (Å²) in [6, 6.07) is 58.9. The van der Waals surface area contributed by atoms with Crippen molar-refractivity contribution in [2.75, 3.05) is 23.9 Å². The molecule has 0 amide bonds. The molecule has 56 heavy (non-hydrogen) atoms. The standard InChI is InChI=1S/C51H41N4S/c1-37-19-17-18-28-46(37)55(45-26-15-8-16-27-45)51-49(52-2)48(38-20-9-5-10-21-38)50(56-51)47(39-29-33-43(34-30-39)53(3)41-22-11-6-12-23-41)40-31-35-44(36-32-40)54(4)42-24-13-7-14-25-42/h5-36H,1,3-4H3/q+1. The molecular formula is C51H41N4S+. The fourth-order valence-corrected chi connectivity index (χ4v) is 8.59. The Kier molecular flexibility index (Phi) is 10.4. The molecule has 0 radical (unpaired) electrons. The zero-order valence-corrected chi connectivity index (χ0v) is 32.5. The Morgan fingerprint density at radius 3 is 1.75 bits per heavy atom. The minimum absolute atomic E-state index is 0.627. The van der Waals surface area contributed by atoms with Crippen LogP contribution in [0.25, 0.3) is 21.5 Å². The van der Waals surface area contributed by atoms with E-state index in [1.807, 2.05) is 24.3 Å². The van der Waals surface area contributed by atoms with E-state index in [-0.39, 0.29) is 0 Å². The first-order valence-corrected chi connectivity index (χ1v) is 19.5. The predicted octanol–water partition coefficient (Wildman–Crippen LogP) is 13.9. The largest absolute Gasteiger partial charge is 0.345 e. The van der Waals surface area contributed by atoms with E-state index in [2.05, 4.69) is 210 Å². The average molecular weight is 742 g/mol. The van der Waals surface area contributed by atoms with Crippen LogP contribution in [-0.4, -0.2) is 24.4 Å². The van der Waals surface area contributed by atoms with Gasteiger partial charge in [0, 0.05) is 70.1 Å². The highest BCUT2D eigenvalue weighted by molar-refractivity contribution is 7.18. The lowest BCUT2D eigenvalue weighted by Crippen LogP contribution is -2.10. The van der Waals surface area contributed by atoms with E-state index in [0.29, 0.717) is 5.69 Å². The molecule has 1 aliphatic carbocycles. The Morgan fingerprint density at radius 2 is 1.14 bits per heavy atom. The van der Waals surface area contributed by atoms with Crippen molar-refractivity contribution in [3.8, 4) is 11.1 Å². The van der Waals surface area contributed by atoms with Gasteiger partial charge in [0.15, 0.2) is 0 Å². The molecule has 0 atom stereocenters. The summed E-state index contributed by atoms with van der Waals surface area (Å²) in [5.41, 5.74) is 13.4. The van der Waals surface area contributed by atoms with Crippen LogP contribution in [0.5, 0.6) is 0 Å². The molecule has 0 fully saturated rings. The first-order chi connectivity index (χ1) is 27.5. The van der Waals surface area contributed by atoms with Crippen molar-refractivity contribution in [1.29, 1.82) is 0 Å². The van der Waals surface area contributed by atoms with Gasteiger partial charge in [0.25, 0.3) is 0 Å². The smallest absolute Gasteiger partial charge is 0.229 e. The molecule has 0 saturated carbocycles. The van der Waals surface area contributed by atoms with Crippen molar-refractivity contribution in [2.45, 2.75) is 6.92 Å². The minimum atomic E-state index is 0.627. The number of hydrogen-bond donors (Lipinski definition) is 0. The number of rotatable bonds is 9. The summed E-state index contributed by atoms with van der Waals surface area (Å²) >= 11 is 1.68. The zero-order chi connectivity index (χ0) is 38.4. The van der Waals surface area contributed by atoms with Crippen molar-refractivity contribution in [2.24, 2.45) is 0 Å².